The topological polar surface area (TPSA) is 114 Å². The Morgan fingerprint density at radius 3 is 2.70 bits per heavy atom. The molecule has 3 rings (SSSR count). The third-order valence-electron chi connectivity index (χ3n) is 5.47. The van der Waals surface area contributed by atoms with Crippen LogP contribution in [0.25, 0.3) is 0 Å². The van der Waals surface area contributed by atoms with Crippen molar-refractivity contribution in [2.45, 2.75) is 45.6 Å². The fraction of sp³-hybridized carbons (Fsp3) is 0.476. The van der Waals surface area contributed by atoms with Crippen LogP contribution in [-0.4, -0.2) is 50.8 Å². The molecule has 3 heterocycles. The van der Waals surface area contributed by atoms with Crippen LogP contribution in [0, 0.1) is 12.8 Å². The lowest BCUT2D eigenvalue weighted by Crippen LogP contribution is -2.49. The number of carbonyl (C=O) groups excluding carboxylic acids is 2. The number of pyridine rings is 1. The number of nitrogens with two attached hydrogens (primary N) is 1. The van der Waals surface area contributed by atoms with Crippen LogP contribution in [0.3, 0.4) is 0 Å². The van der Waals surface area contributed by atoms with Crippen LogP contribution in [0.4, 0.5) is 5.82 Å². The van der Waals surface area contributed by atoms with E-state index in [0.29, 0.717) is 41.4 Å². The molecule has 0 unspecified atom stereocenters. The fourth-order valence-corrected chi connectivity index (χ4v) is 4.03. The SMILES string of the molecule is Cc1nc(N)c(CCC2CCN(C(=O)[C@H](C)NC(=O)c3cccnc3)CC2)c(Cl)n1. The van der Waals surface area contributed by atoms with Crippen LogP contribution >= 0.6 is 11.6 Å². The van der Waals surface area contributed by atoms with Crippen molar-refractivity contribution in [2.24, 2.45) is 5.92 Å². The van der Waals surface area contributed by atoms with E-state index in [4.69, 9.17) is 17.3 Å². The van der Waals surface area contributed by atoms with Gasteiger partial charge in [-0.1, -0.05) is 11.6 Å². The second-order valence-electron chi connectivity index (χ2n) is 7.67. The number of hydrogen-bond acceptors (Lipinski definition) is 6. The first kappa shape index (κ1) is 22.0. The Morgan fingerprint density at radius 2 is 2.07 bits per heavy atom. The van der Waals surface area contributed by atoms with Crippen LogP contribution < -0.4 is 11.1 Å². The minimum absolute atomic E-state index is 0.0649. The molecule has 0 bridgehead atoms. The lowest BCUT2D eigenvalue weighted by Gasteiger charge is -2.33. The van der Waals surface area contributed by atoms with E-state index < -0.39 is 6.04 Å². The predicted octanol–water partition coefficient (Wildman–Crippen LogP) is 2.41. The second kappa shape index (κ2) is 9.84. The van der Waals surface area contributed by atoms with Gasteiger partial charge in [0.2, 0.25) is 5.91 Å². The molecule has 30 heavy (non-hydrogen) atoms. The number of nitrogen functional groups attached to an aromatic ring is 1. The third kappa shape index (κ3) is 5.44. The quantitative estimate of drug-likeness (QED) is 0.680. The fourth-order valence-electron chi connectivity index (χ4n) is 3.72. The monoisotopic (exact) mass is 430 g/mol. The number of nitrogens with zero attached hydrogens (tertiary/aromatic N) is 4. The zero-order valence-corrected chi connectivity index (χ0v) is 18.0. The van der Waals surface area contributed by atoms with Gasteiger partial charge < -0.3 is 16.0 Å². The summed E-state index contributed by atoms with van der Waals surface area (Å²) < 4.78 is 0. The average molecular weight is 431 g/mol. The van der Waals surface area contributed by atoms with Gasteiger partial charge in [-0.2, -0.15) is 0 Å². The standard InChI is InChI=1S/C21H27ClN6O2/c1-13(25-20(29)16-4-3-9-24-12-16)21(30)28-10-7-15(8-11-28)5-6-17-18(22)26-14(2)27-19(17)23/h3-4,9,12-13,15H,5-8,10-11H2,1-2H3,(H,25,29)(H2,23,26,27)/t13-/m0/s1. The van der Waals surface area contributed by atoms with Gasteiger partial charge >= 0.3 is 0 Å². The van der Waals surface area contributed by atoms with Crippen molar-refractivity contribution < 1.29 is 9.59 Å². The summed E-state index contributed by atoms with van der Waals surface area (Å²) in [5.74, 6) is 1.13. The molecule has 3 N–H and O–H groups in total. The van der Waals surface area contributed by atoms with E-state index in [0.717, 1.165) is 31.2 Å². The Hall–Kier alpha value is -2.74. The van der Waals surface area contributed by atoms with E-state index in [1.807, 2.05) is 4.90 Å². The van der Waals surface area contributed by atoms with Gasteiger partial charge in [-0.05, 0) is 57.6 Å². The van der Waals surface area contributed by atoms with Gasteiger partial charge in [0.25, 0.3) is 5.91 Å². The van der Waals surface area contributed by atoms with Gasteiger partial charge in [-0.3, -0.25) is 14.6 Å². The summed E-state index contributed by atoms with van der Waals surface area (Å²) in [5, 5.41) is 3.18. The lowest BCUT2D eigenvalue weighted by atomic mass is 9.90. The van der Waals surface area contributed by atoms with Crippen LogP contribution in [0.1, 0.15) is 47.9 Å². The zero-order chi connectivity index (χ0) is 21.7. The number of halogens is 1. The second-order valence-corrected chi connectivity index (χ2v) is 8.03. The summed E-state index contributed by atoms with van der Waals surface area (Å²) in [6.07, 6.45) is 6.53. The first-order valence-corrected chi connectivity index (χ1v) is 10.5. The number of carbonyl (C=O) groups is 2. The maximum atomic E-state index is 12.7. The molecule has 160 valence electrons. The highest BCUT2D eigenvalue weighted by Crippen LogP contribution is 2.26. The van der Waals surface area contributed by atoms with Crippen molar-refractivity contribution in [3.8, 4) is 0 Å². The number of anilines is 1. The molecule has 2 aromatic rings. The average Bonchev–Trinajstić information content (AvgIpc) is 2.73. The van der Waals surface area contributed by atoms with Gasteiger partial charge in [0.05, 0.1) is 5.56 Å². The summed E-state index contributed by atoms with van der Waals surface area (Å²) >= 11 is 6.22. The normalized spacial score (nSPS) is 15.6. The van der Waals surface area contributed by atoms with E-state index in [1.54, 1.807) is 32.2 Å². The first-order valence-electron chi connectivity index (χ1n) is 10.1. The van der Waals surface area contributed by atoms with Gasteiger partial charge in [-0.25, -0.2) is 9.97 Å². The maximum Gasteiger partial charge on any atom is 0.253 e. The van der Waals surface area contributed by atoms with Crippen molar-refractivity contribution in [2.75, 3.05) is 18.8 Å². The number of aryl methyl sites for hydroxylation is 1. The zero-order valence-electron chi connectivity index (χ0n) is 17.3. The highest BCUT2D eigenvalue weighted by molar-refractivity contribution is 6.30. The number of aromatic nitrogens is 3. The molecule has 0 aliphatic carbocycles. The lowest BCUT2D eigenvalue weighted by molar-refractivity contribution is -0.134. The Labute approximate surface area is 181 Å². The van der Waals surface area contributed by atoms with Crippen LogP contribution in [-0.2, 0) is 11.2 Å². The minimum atomic E-state index is -0.586. The van der Waals surface area contributed by atoms with Gasteiger partial charge in [0.15, 0.2) is 0 Å². The highest BCUT2D eigenvalue weighted by atomic mass is 35.5. The minimum Gasteiger partial charge on any atom is -0.383 e. The van der Waals surface area contributed by atoms with E-state index in [2.05, 4.69) is 20.3 Å². The summed E-state index contributed by atoms with van der Waals surface area (Å²) in [5.41, 5.74) is 7.23. The largest absolute Gasteiger partial charge is 0.383 e. The molecule has 8 nitrogen and oxygen atoms in total. The van der Waals surface area contributed by atoms with Crippen LogP contribution in [0.2, 0.25) is 5.15 Å². The van der Waals surface area contributed by atoms with Crippen LogP contribution in [0.5, 0.6) is 0 Å². The molecule has 1 fully saturated rings. The van der Waals surface area contributed by atoms with Crippen molar-refractivity contribution in [1.82, 2.24) is 25.2 Å². The smallest absolute Gasteiger partial charge is 0.253 e. The summed E-state index contributed by atoms with van der Waals surface area (Å²) in [7, 11) is 0. The van der Waals surface area contributed by atoms with E-state index in [1.165, 1.54) is 6.20 Å². The molecule has 0 spiro atoms. The summed E-state index contributed by atoms with van der Waals surface area (Å²) in [6, 6.07) is 2.77. The van der Waals surface area contributed by atoms with E-state index in [9.17, 15) is 9.59 Å². The molecule has 2 amide bonds. The number of piperidine rings is 1. The number of likely N-dealkylation sites (tertiary alicyclic amines) is 1. The molecule has 2 aromatic heterocycles. The Kier molecular flexibility index (Phi) is 7.20. The van der Waals surface area contributed by atoms with Gasteiger partial charge in [-0.15, -0.1) is 0 Å². The molecular formula is C21H27ClN6O2. The molecule has 1 saturated heterocycles. The maximum absolute atomic E-state index is 12.7. The van der Waals surface area contributed by atoms with Crippen molar-refractivity contribution in [1.29, 1.82) is 0 Å². The van der Waals surface area contributed by atoms with E-state index in [-0.39, 0.29) is 11.8 Å². The Morgan fingerprint density at radius 1 is 1.33 bits per heavy atom. The van der Waals surface area contributed by atoms with Gasteiger partial charge in [0, 0.05) is 31.0 Å². The van der Waals surface area contributed by atoms with Crippen LogP contribution in [0.15, 0.2) is 24.5 Å². The molecule has 1 aliphatic rings. The highest BCUT2D eigenvalue weighted by Gasteiger charge is 2.27. The summed E-state index contributed by atoms with van der Waals surface area (Å²) in [4.78, 5) is 39.1. The van der Waals surface area contributed by atoms with Gasteiger partial charge in [0.1, 0.15) is 22.8 Å². The van der Waals surface area contributed by atoms with E-state index >= 15 is 0 Å². The third-order valence-corrected chi connectivity index (χ3v) is 5.78. The Balaban J connectivity index is 1.47. The Bertz CT molecular complexity index is 877. The summed E-state index contributed by atoms with van der Waals surface area (Å²) in [6.45, 7) is 4.82. The van der Waals surface area contributed by atoms with Crippen molar-refractivity contribution in [3.05, 3.63) is 46.6 Å². The number of rotatable bonds is 6. The molecule has 9 heteroatoms. The molecule has 0 saturated carbocycles. The molecular weight excluding hydrogens is 404 g/mol. The molecule has 0 radical (unpaired) electrons. The predicted molar refractivity (Wildman–Crippen MR) is 115 cm³/mol. The number of amides is 2. The van der Waals surface area contributed by atoms with Crippen molar-refractivity contribution >= 4 is 29.2 Å². The molecule has 1 aliphatic heterocycles. The molecule has 1 atom stereocenters. The first-order chi connectivity index (χ1) is 14.3. The van der Waals surface area contributed by atoms with Crippen molar-refractivity contribution in [3.63, 3.8) is 0 Å². The number of nitrogens with one attached hydrogen (secondary N) is 1. The number of hydrogen-bond donors (Lipinski definition) is 2. The molecule has 0 aromatic carbocycles.